The summed E-state index contributed by atoms with van der Waals surface area (Å²) in [5, 5.41) is 0. The number of aryl methyl sites for hydroxylation is 1. The SMILES string of the molecule is Cc1ccc(CN2C(=O)/C(=C3/SC(=S)N(CCc4ccccc4)C3=O)c3ccccc32)cc1. The van der Waals surface area contributed by atoms with Crippen molar-refractivity contribution in [3.8, 4) is 0 Å². The molecular weight excluding hydrogens is 448 g/mol. The highest BCUT2D eigenvalue weighted by Crippen LogP contribution is 2.45. The first-order valence-electron chi connectivity index (χ1n) is 10.8. The second-order valence-electron chi connectivity index (χ2n) is 8.16. The fourth-order valence-electron chi connectivity index (χ4n) is 4.16. The number of thioether (sulfide) groups is 1. The summed E-state index contributed by atoms with van der Waals surface area (Å²) in [6, 6.07) is 25.8. The van der Waals surface area contributed by atoms with E-state index in [0.29, 0.717) is 34.3 Å². The molecule has 0 N–H and O–H groups in total. The van der Waals surface area contributed by atoms with E-state index in [4.69, 9.17) is 12.2 Å². The largest absolute Gasteiger partial charge is 0.303 e. The molecule has 164 valence electrons. The second-order valence-corrected chi connectivity index (χ2v) is 9.80. The first-order chi connectivity index (χ1) is 16.0. The van der Waals surface area contributed by atoms with Crippen LogP contribution in [0.4, 0.5) is 5.69 Å². The summed E-state index contributed by atoms with van der Waals surface area (Å²) < 4.78 is 0.501. The van der Waals surface area contributed by atoms with E-state index in [9.17, 15) is 9.59 Å². The van der Waals surface area contributed by atoms with Crippen LogP contribution >= 0.6 is 24.0 Å². The van der Waals surface area contributed by atoms with Crippen LogP contribution in [0, 0.1) is 6.92 Å². The summed E-state index contributed by atoms with van der Waals surface area (Å²) in [6.45, 7) is 2.99. The number of fused-ring (bicyclic) bond motifs is 1. The Labute approximate surface area is 202 Å². The zero-order chi connectivity index (χ0) is 22.9. The van der Waals surface area contributed by atoms with E-state index in [-0.39, 0.29) is 11.8 Å². The average molecular weight is 471 g/mol. The molecule has 5 rings (SSSR count). The average Bonchev–Trinajstić information content (AvgIpc) is 3.26. The number of carbonyl (C=O) groups excluding carboxylic acids is 2. The molecule has 1 saturated heterocycles. The van der Waals surface area contributed by atoms with Crippen LogP contribution in [0.15, 0.2) is 83.8 Å². The van der Waals surface area contributed by atoms with Gasteiger partial charge >= 0.3 is 0 Å². The van der Waals surface area contributed by atoms with Gasteiger partial charge in [-0.3, -0.25) is 14.5 Å². The quantitative estimate of drug-likeness (QED) is 0.372. The van der Waals surface area contributed by atoms with Gasteiger partial charge in [0, 0.05) is 12.1 Å². The number of hydrogen-bond donors (Lipinski definition) is 0. The van der Waals surface area contributed by atoms with E-state index in [2.05, 4.69) is 0 Å². The van der Waals surface area contributed by atoms with Crippen LogP contribution in [-0.4, -0.2) is 27.6 Å². The molecule has 1 fully saturated rings. The van der Waals surface area contributed by atoms with E-state index in [1.807, 2.05) is 85.8 Å². The molecule has 0 atom stereocenters. The maximum absolute atomic E-state index is 13.6. The standard InChI is InChI=1S/C27H22N2O2S2/c1-18-11-13-20(14-12-18)17-29-22-10-6-5-9-21(22)23(25(29)30)24-26(31)28(27(32)33-24)16-15-19-7-3-2-4-8-19/h2-14H,15-17H2,1H3/b24-23+. The number of nitrogens with zero attached hydrogens (tertiary/aromatic N) is 2. The molecule has 4 nitrogen and oxygen atoms in total. The van der Waals surface area contributed by atoms with E-state index in [0.717, 1.165) is 22.4 Å². The zero-order valence-corrected chi connectivity index (χ0v) is 19.8. The number of amides is 2. The minimum Gasteiger partial charge on any atom is -0.303 e. The molecule has 2 heterocycles. The van der Waals surface area contributed by atoms with Crippen molar-refractivity contribution in [3.05, 3.63) is 106 Å². The fraction of sp³-hybridized carbons (Fsp3) is 0.148. The highest BCUT2D eigenvalue weighted by atomic mass is 32.2. The normalized spacial score (nSPS) is 17.8. The predicted molar refractivity (Wildman–Crippen MR) is 138 cm³/mol. The number of anilines is 1. The molecule has 0 aromatic heterocycles. The van der Waals surface area contributed by atoms with E-state index in [1.54, 1.807) is 9.80 Å². The lowest BCUT2D eigenvalue weighted by Crippen LogP contribution is -2.31. The van der Waals surface area contributed by atoms with Crippen LogP contribution in [0.5, 0.6) is 0 Å². The lowest BCUT2D eigenvalue weighted by Gasteiger charge is -2.17. The molecule has 3 aromatic rings. The lowest BCUT2D eigenvalue weighted by atomic mass is 10.1. The third kappa shape index (κ3) is 4.12. The molecule has 0 saturated carbocycles. The van der Waals surface area contributed by atoms with Gasteiger partial charge in [0.25, 0.3) is 11.8 Å². The Kier molecular flexibility index (Phi) is 5.87. The number of hydrogen-bond acceptors (Lipinski definition) is 4. The van der Waals surface area contributed by atoms with E-state index in [1.165, 1.54) is 17.3 Å². The van der Waals surface area contributed by atoms with Gasteiger partial charge in [-0.1, -0.05) is 102 Å². The summed E-state index contributed by atoms with van der Waals surface area (Å²) >= 11 is 6.77. The fourth-order valence-corrected chi connectivity index (χ4v) is 5.54. The number of rotatable bonds is 5. The Morgan fingerprint density at radius 2 is 1.48 bits per heavy atom. The Bertz CT molecular complexity index is 1280. The Hall–Kier alpha value is -3.22. The molecule has 2 aliphatic heterocycles. The van der Waals surface area contributed by atoms with Gasteiger partial charge in [0.15, 0.2) is 0 Å². The maximum Gasteiger partial charge on any atom is 0.267 e. The predicted octanol–water partition coefficient (Wildman–Crippen LogP) is 5.36. The number of benzene rings is 3. The molecule has 2 amide bonds. The van der Waals surface area contributed by atoms with Gasteiger partial charge in [0.1, 0.15) is 4.32 Å². The van der Waals surface area contributed by atoms with Gasteiger partial charge in [-0.2, -0.15) is 0 Å². The Morgan fingerprint density at radius 3 is 2.24 bits per heavy atom. The molecular formula is C27H22N2O2S2. The van der Waals surface area contributed by atoms with Crippen molar-refractivity contribution in [2.24, 2.45) is 0 Å². The first-order valence-corrected chi connectivity index (χ1v) is 12.0. The van der Waals surface area contributed by atoms with Crippen LogP contribution in [0.2, 0.25) is 0 Å². The summed E-state index contributed by atoms with van der Waals surface area (Å²) in [5.41, 5.74) is 5.43. The van der Waals surface area contributed by atoms with Gasteiger partial charge in [-0.05, 0) is 30.5 Å². The van der Waals surface area contributed by atoms with Crippen LogP contribution in [0.3, 0.4) is 0 Å². The molecule has 33 heavy (non-hydrogen) atoms. The monoisotopic (exact) mass is 470 g/mol. The highest BCUT2D eigenvalue weighted by Gasteiger charge is 2.41. The molecule has 0 radical (unpaired) electrons. The topological polar surface area (TPSA) is 40.6 Å². The molecule has 0 bridgehead atoms. The van der Waals surface area contributed by atoms with Crippen molar-refractivity contribution in [2.45, 2.75) is 19.9 Å². The van der Waals surface area contributed by atoms with Crippen LogP contribution in [-0.2, 0) is 22.6 Å². The van der Waals surface area contributed by atoms with Gasteiger partial charge in [-0.15, -0.1) is 0 Å². The van der Waals surface area contributed by atoms with Crippen molar-refractivity contribution in [1.82, 2.24) is 4.90 Å². The second kappa shape index (κ2) is 8.96. The third-order valence-electron chi connectivity index (χ3n) is 5.93. The van der Waals surface area contributed by atoms with Crippen molar-refractivity contribution in [3.63, 3.8) is 0 Å². The van der Waals surface area contributed by atoms with Crippen LogP contribution in [0.25, 0.3) is 5.57 Å². The molecule has 0 aliphatic carbocycles. The summed E-state index contributed by atoms with van der Waals surface area (Å²) in [7, 11) is 0. The Balaban J connectivity index is 1.45. The number of thiocarbonyl (C=S) groups is 1. The molecule has 6 heteroatoms. The van der Waals surface area contributed by atoms with Gasteiger partial charge in [0.05, 0.1) is 22.7 Å². The molecule has 2 aliphatic rings. The van der Waals surface area contributed by atoms with Gasteiger partial charge in [0.2, 0.25) is 0 Å². The lowest BCUT2D eigenvalue weighted by molar-refractivity contribution is -0.122. The van der Waals surface area contributed by atoms with Crippen molar-refractivity contribution in [2.75, 3.05) is 11.4 Å². The summed E-state index contributed by atoms with van der Waals surface area (Å²) in [5.74, 6) is -0.336. The number of carbonyl (C=O) groups is 2. The minimum absolute atomic E-state index is 0.152. The summed E-state index contributed by atoms with van der Waals surface area (Å²) in [6.07, 6.45) is 0.708. The summed E-state index contributed by atoms with van der Waals surface area (Å²) in [4.78, 5) is 30.8. The van der Waals surface area contributed by atoms with E-state index < -0.39 is 0 Å². The van der Waals surface area contributed by atoms with Crippen molar-refractivity contribution in [1.29, 1.82) is 0 Å². The van der Waals surface area contributed by atoms with Crippen LogP contribution in [0.1, 0.15) is 22.3 Å². The molecule has 0 spiro atoms. The number of para-hydroxylation sites is 1. The van der Waals surface area contributed by atoms with Crippen molar-refractivity contribution < 1.29 is 9.59 Å². The highest BCUT2D eigenvalue weighted by molar-refractivity contribution is 8.26. The molecule has 3 aromatic carbocycles. The van der Waals surface area contributed by atoms with E-state index >= 15 is 0 Å². The van der Waals surface area contributed by atoms with Gasteiger partial charge < -0.3 is 4.90 Å². The first kappa shape index (κ1) is 21.6. The Morgan fingerprint density at radius 1 is 0.788 bits per heavy atom. The van der Waals surface area contributed by atoms with Gasteiger partial charge in [-0.25, -0.2) is 0 Å². The zero-order valence-electron chi connectivity index (χ0n) is 18.2. The minimum atomic E-state index is -0.184. The molecule has 0 unspecified atom stereocenters. The third-order valence-corrected chi connectivity index (χ3v) is 7.38. The maximum atomic E-state index is 13.6. The van der Waals surface area contributed by atoms with Crippen LogP contribution < -0.4 is 4.90 Å². The van der Waals surface area contributed by atoms with Crippen molar-refractivity contribution >= 4 is 51.4 Å². The smallest absolute Gasteiger partial charge is 0.267 e.